The van der Waals surface area contributed by atoms with Crippen molar-refractivity contribution < 1.29 is 9.21 Å². The Kier molecular flexibility index (Phi) is 5.20. The number of nitriles is 1. The summed E-state index contributed by atoms with van der Waals surface area (Å²) < 4.78 is 5.70. The normalized spacial score (nSPS) is 15.7. The van der Waals surface area contributed by atoms with E-state index in [0.29, 0.717) is 37.9 Å². The second kappa shape index (κ2) is 7.63. The van der Waals surface area contributed by atoms with Crippen LogP contribution in [0.15, 0.2) is 34.7 Å². The number of furan rings is 1. The van der Waals surface area contributed by atoms with Gasteiger partial charge in [-0.3, -0.25) is 4.79 Å². The van der Waals surface area contributed by atoms with Gasteiger partial charge in [-0.05, 0) is 61.1 Å². The van der Waals surface area contributed by atoms with E-state index in [2.05, 4.69) is 18.3 Å². The van der Waals surface area contributed by atoms with Crippen LogP contribution in [0.25, 0.3) is 11.3 Å². The minimum Gasteiger partial charge on any atom is -0.451 e. The molecule has 0 fully saturated rings. The van der Waals surface area contributed by atoms with Gasteiger partial charge in [-0.1, -0.05) is 30.1 Å². The Hall–Kier alpha value is -2.26. The number of carbonyl (C=O) groups is 1. The van der Waals surface area contributed by atoms with Gasteiger partial charge in [-0.25, -0.2) is 0 Å². The van der Waals surface area contributed by atoms with Crippen molar-refractivity contribution in [1.29, 1.82) is 5.26 Å². The first-order valence-electron chi connectivity index (χ1n) is 8.87. The Morgan fingerprint density at radius 3 is 2.89 bits per heavy atom. The Morgan fingerprint density at radius 2 is 2.14 bits per heavy atom. The van der Waals surface area contributed by atoms with E-state index in [0.717, 1.165) is 24.8 Å². The maximum atomic E-state index is 12.7. The van der Waals surface area contributed by atoms with E-state index in [1.165, 1.54) is 16.2 Å². The number of nitrogens with one attached hydrogen (secondary N) is 1. The van der Waals surface area contributed by atoms with Crippen LogP contribution in [0.2, 0.25) is 10.0 Å². The SMILES string of the molecule is C[C@H]1CCc2c(sc(NC(=O)c3ccc(-c4ccc(Cl)cc4Cl)o3)c2C#N)C1. The highest BCUT2D eigenvalue weighted by molar-refractivity contribution is 7.16. The fourth-order valence-corrected chi connectivity index (χ4v) is 5.27. The van der Waals surface area contributed by atoms with Gasteiger partial charge in [0.25, 0.3) is 5.91 Å². The smallest absolute Gasteiger partial charge is 0.292 e. The highest BCUT2D eigenvalue weighted by Crippen LogP contribution is 2.39. The third-order valence-corrected chi connectivity index (χ3v) is 6.59. The van der Waals surface area contributed by atoms with E-state index in [1.807, 2.05) is 0 Å². The van der Waals surface area contributed by atoms with Gasteiger partial charge in [-0.2, -0.15) is 5.26 Å². The molecule has 1 aliphatic carbocycles. The Labute approximate surface area is 176 Å². The lowest BCUT2D eigenvalue weighted by molar-refractivity contribution is 0.0998. The van der Waals surface area contributed by atoms with Gasteiger partial charge >= 0.3 is 0 Å². The largest absolute Gasteiger partial charge is 0.451 e. The number of fused-ring (bicyclic) bond motifs is 1. The van der Waals surface area contributed by atoms with Crippen molar-refractivity contribution in [3.63, 3.8) is 0 Å². The van der Waals surface area contributed by atoms with Crippen LogP contribution in [0.1, 0.15) is 39.9 Å². The van der Waals surface area contributed by atoms with E-state index in [-0.39, 0.29) is 11.7 Å². The number of benzene rings is 1. The van der Waals surface area contributed by atoms with Gasteiger partial charge in [0, 0.05) is 15.5 Å². The number of anilines is 1. The maximum Gasteiger partial charge on any atom is 0.292 e. The van der Waals surface area contributed by atoms with Gasteiger partial charge in [0.05, 0.1) is 10.6 Å². The topological polar surface area (TPSA) is 66.0 Å². The maximum absolute atomic E-state index is 12.7. The molecular weight excluding hydrogens is 415 g/mol. The molecule has 142 valence electrons. The number of amides is 1. The highest BCUT2D eigenvalue weighted by atomic mass is 35.5. The van der Waals surface area contributed by atoms with E-state index in [4.69, 9.17) is 27.6 Å². The van der Waals surface area contributed by atoms with E-state index >= 15 is 0 Å². The molecule has 0 aliphatic heterocycles. The summed E-state index contributed by atoms with van der Waals surface area (Å²) in [5.74, 6) is 0.841. The first kappa shape index (κ1) is 19.1. The molecule has 1 aromatic carbocycles. The zero-order valence-electron chi connectivity index (χ0n) is 15.0. The molecule has 7 heteroatoms. The van der Waals surface area contributed by atoms with Crippen LogP contribution in [0, 0.1) is 17.2 Å². The van der Waals surface area contributed by atoms with Crippen LogP contribution in [0.5, 0.6) is 0 Å². The number of nitrogens with zero attached hydrogens (tertiary/aromatic N) is 1. The molecule has 1 atom stereocenters. The summed E-state index contributed by atoms with van der Waals surface area (Å²) in [5, 5.41) is 14.0. The quantitative estimate of drug-likeness (QED) is 0.511. The molecule has 0 unspecified atom stereocenters. The zero-order valence-corrected chi connectivity index (χ0v) is 17.3. The monoisotopic (exact) mass is 430 g/mol. The lowest BCUT2D eigenvalue weighted by Crippen LogP contribution is -2.11. The van der Waals surface area contributed by atoms with Crippen molar-refractivity contribution >= 4 is 45.4 Å². The van der Waals surface area contributed by atoms with Crippen LogP contribution in [0.4, 0.5) is 5.00 Å². The number of halogens is 2. The fourth-order valence-electron chi connectivity index (χ4n) is 3.42. The average molecular weight is 431 g/mol. The minimum absolute atomic E-state index is 0.157. The molecule has 1 aliphatic rings. The predicted octanol–water partition coefficient (Wildman–Crippen LogP) is 6.56. The molecule has 2 heterocycles. The molecule has 0 radical (unpaired) electrons. The first-order chi connectivity index (χ1) is 13.5. The highest BCUT2D eigenvalue weighted by Gasteiger charge is 2.25. The summed E-state index contributed by atoms with van der Waals surface area (Å²) in [6.45, 7) is 2.21. The van der Waals surface area contributed by atoms with Crippen LogP contribution >= 0.6 is 34.5 Å². The second-order valence-corrected chi connectivity index (χ2v) is 8.86. The van der Waals surface area contributed by atoms with Crippen molar-refractivity contribution in [2.75, 3.05) is 5.32 Å². The molecule has 0 saturated heterocycles. The van der Waals surface area contributed by atoms with Crippen molar-refractivity contribution in [3.8, 4) is 17.4 Å². The molecule has 28 heavy (non-hydrogen) atoms. The lowest BCUT2D eigenvalue weighted by Gasteiger charge is -2.17. The Morgan fingerprint density at radius 1 is 1.32 bits per heavy atom. The number of carbonyl (C=O) groups excluding carboxylic acids is 1. The summed E-state index contributed by atoms with van der Waals surface area (Å²) in [4.78, 5) is 13.9. The van der Waals surface area contributed by atoms with Crippen molar-refractivity contribution in [2.24, 2.45) is 5.92 Å². The standard InChI is InChI=1S/C21H16Cl2N2O2S/c1-11-2-4-13-15(10-24)21(28-19(13)8-11)25-20(26)18-7-6-17(27-18)14-5-3-12(22)9-16(14)23/h3,5-7,9,11H,2,4,8H2,1H3,(H,25,26)/t11-/m0/s1. The van der Waals surface area contributed by atoms with E-state index in [1.54, 1.807) is 30.3 Å². The zero-order chi connectivity index (χ0) is 19.8. The average Bonchev–Trinajstić information content (AvgIpc) is 3.25. The van der Waals surface area contributed by atoms with Crippen LogP contribution in [-0.4, -0.2) is 5.91 Å². The summed E-state index contributed by atoms with van der Waals surface area (Å²) >= 11 is 13.6. The van der Waals surface area contributed by atoms with Crippen LogP contribution in [-0.2, 0) is 12.8 Å². The van der Waals surface area contributed by atoms with Gasteiger partial charge in [0.1, 0.15) is 16.8 Å². The van der Waals surface area contributed by atoms with E-state index in [9.17, 15) is 10.1 Å². The Balaban J connectivity index is 1.59. The van der Waals surface area contributed by atoms with Gasteiger partial charge in [0.15, 0.2) is 5.76 Å². The third kappa shape index (κ3) is 3.56. The molecular formula is C21H16Cl2N2O2S. The first-order valence-corrected chi connectivity index (χ1v) is 10.4. The van der Waals surface area contributed by atoms with Crippen molar-refractivity contribution in [3.05, 3.63) is 62.1 Å². The predicted molar refractivity (Wildman–Crippen MR) is 112 cm³/mol. The van der Waals surface area contributed by atoms with Gasteiger partial charge in [0.2, 0.25) is 0 Å². The fraction of sp³-hybridized carbons (Fsp3) is 0.238. The molecule has 4 rings (SSSR count). The third-order valence-electron chi connectivity index (χ3n) is 4.88. The summed E-state index contributed by atoms with van der Waals surface area (Å²) in [5.41, 5.74) is 2.31. The number of rotatable bonds is 3. The molecule has 0 saturated carbocycles. The van der Waals surface area contributed by atoms with Crippen LogP contribution in [0.3, 0.4) is 0 Å². The van der Waals surface area contributed by atoms with Crippen LogP contribution < -0.4 is 5.32 Å². The molecule has 0 bridgehead atoms. The number of hydrogen-bond acceptors (Lipinski definition) is 4. The Bertz CT molecular complexity index is 1110. The van der Waals surface area contributed by atoms with Gasteiger partial charge in [-0.15, -0.1) is 11.3 Å². The second-order valence-electron chi connectivity index (χ2n) is 6.91. The number of hydrogen-bond donors (Lipinski definition) is 1. The molecule has 0 spiro atoms. The molecule has 4 nitrogen and oxygen atoms in total. The van der Waals surface area contributed by atoms with E-state index < -0.39 is 0 Å². The lowest BCUT2D eigenvalue weighted by atomic mass is 9.89. The molecule has 3 aromatic rings. The minimum atomic E-state index is -0.389. The summed E-state index contributed by atoms with van der Waals surface area (Å²) in [6, 6.07) is 10.6. The van der Waals surface area contributed by atoms with Crippen molar-refractivity contribution in [1.82, 2.24) is 0 Å². The molecule has 1 N–H and O–H groups in total. The summed E-state index contributed by atoms with van der Waals surface area (Å²) in [6.07, 6.45) is 2.89. The number of thiophene rings is 1. The summed E-state index contributed by atoms with van der Waals surface area (Å²) in [7, 11) is 0. The molecule has 2 aromatic heterocycles. The molecule has 1 amide bonds. The van der Waals surface area contributed by atoms with Gasteiger partial charge < -0.3 is 9.73 Å². The van der Waals surface area contributed by atoms with Crippen molar-refractivity contribution in [2.45, 2.75) is 26.2 Å².